The van der Waals surface area contributed by atoms with Crippen molar-refractivity contribution in [3.63, 3.8) is 0 Å². The minimum Gasteiger partial charge on any atom is -0.420 e. The van der Waals surface area contributed by atoms with Crippen molar-refractivity contribution in [1.82, 2.24) is 24.4 Å². The maximum absolute atomic E-state index is 13.5. The standard InChI is InChI=1S/C19H29N5O3S/c1-12(2)23-8-10-24(11-9-23)28(25,26)17-14(4)20-13(3)16(17)19-22-21-18(27-19)15-6-5-7-15/h12,15,20H,5-11H2,1-4H3. The largest absolute Gasteiger partial charge is 0.420 e. The van der Waals surface area contributed by atoms with Crippen LogP contribution in [0, 0.1) is 13.8 Å². The highest BCUT2D eigenvalue weighted by molar-refractivity contribution is 7.89. The number of nitrogens with zero attached hydrogens (tertiary/aromatic N) is 4. The predicted molar refractivity (Wildman–Crippen MR) is 106 cm³/mol. The number of sulfonamides is 1. The van der Waals surface area contributed by atoms with Crippen molar-refractivity contribution in [3.8, 4) is 11.5 Å². The van der Waals surface area contributed by atoms with Crippen LogP contribution in [0.15, 0.2) is 9.31 Å². The van der Waals surface area contributed by atoms with E-state index in [1.54, 1.807) is 11.2 Å². The average molecular weight is 408 g/mol. The molecule has 2 aromatic heterocycles. The van der Waals surface area contributed by atoms with E-state index >= 15 is 0 Å². The molecule has 2 aliphatic rings. The fraction of sp³-hybridized carbons (Fsp3) is 0.684. The van der Waals surface area contributed by atoms with Gasteiger partial charge in [-0.25, -0.2) is 8.42 Å². The van der Waals surface area contributed by atoms with Gasteiger partial charge in [0.15, 0.2) is 0 Å². The van der Waals surface area contributed by atoms with Crippen LogP contribution < -0.4 is 0 Å². The second-order valence-corrected chi connectivity index (χ2v) is 10.1. The summed E-state index contributed by atoms with van der Waals surface area (Å²) < 4.78 is 34.5. The zero-order chi connectivity index (χ0) is 20.1. The lowest BCUT2D eigenvalue weighted by Gasteiger charge is -2.36. The third-order valence-electron chi connectivity index (χ3n) is 6.03. The lowest BCUT2D eigenvalue weighted by molar-refractivity contribution is 0.154. The molecule has 4 rings (SSSR count). The molecule has 0 aromatic carbocycles. The Morgan fingerprint density at radius 2 is 1.75 bits per heavy atom. The molecule has 1 aliphatic heterocycles. The van der Waals surface area contributed by atoms with E-state index in [1.807, 2.05) is 6.92 Å². The number of H-pyrrole nitrogens is 1. The molecule has 1 aliphatic carbocycles. The maximum Gasteiger partial charge on any atom is 0.250 e. The van der Waals surface area contributed by atoms with Crippen molar-refractivity contribution in [3.05, 3.63) is 17.3 Å². The van der Waals surface area contributed by atoms with E-state index in [-0.39, 0.29) is 4.90 Å². The lowest BCUT2D eigenvalue weighted by atomic mass is 9.85. The Hall–Kier alpha value is -1.71. The third-order valence-corrected chi connectivity index (χ3v) is 8.10. The molecule has 8 nitrogen and oxygen atoms in total. The Labute approximate surface area is 166 Å². The number of rotatable bonds is 5. The van der Waals surface area contributed by atoms with Gasteiger partial charge in [0.25, 0.3) is 5.89 Å². The Morgan fingerprint density at radius 3 is 2.32 bits per heavy atom. The number of piperazine rings is 1. The number of hydrogen-bond donors (Lipinski definition) is 1. The van der Waals surface area contributed by atoms with Crippen molar-refractivity contribution in [2.75, 3.05) is 26.2 Å². The highest BCUT2D eigenvalue weighted by Gasteiger charge is 2.36. The van der Waals surface area contributed by atoms with Gasteiger partial charge in [-0.05, 0) is 40.5 Å². The van der Waals surface area contributed by atoms with Gasteiger partial charge in [-0.2, -0.15) is 4.31 Å². The first kappa shape index (κ1) is 19.6. The average Bonchev–Trinajstić information content (AvgIpc) is 3.17. The summed E-state index contributed by atoms with van der Waals surface area (Å²) in [5.41, 5.74) is 1.87. The number of nitrogens with one attached hydrogen (secondary N) is 1. The summed E-state index contributed by atoms with van der Waals surface area (Å²) in [6.07, 6.45) is 3.28. The third kappa shape index (κ3) is 3.29. The van der Waals surface area contributed by atoms with E-state index in [2.05, 4.69) is 33.9 Å². The van der Waals surface area contributed by atoms with Crippen molar-refractivity contribution >= 4 is 10.0 Å². The molecule has 9 heteroatoms. The monoisotopic (exact) mass is 407 g/mol. The second kappa shape index (κ2) is 7.27. The Kier molecular flexibility index (Phi) is 5.09. The van der Waals surface area contributed by atoms with Gasteiger partial charge in [-0.15, -0.1) is 10.2 Å². The predicted octanol–water partition coefficient (Wildman–Crippen LogP) is 2.66. The highest BCUT2D eigenvalue weighted by atomic mass is 32.2. The van der Waals surface area contributed by atoms with Crippen molar-refractivity contribution in [1.29, 1.82) is 0 Å². The Morgan fingerprint density at radius 1 is 1.07 bits per heavy atom. The lowest BCUT2D eigenvalue weighted by Crippen LogP contribution is -2.50. The van der Waals surface area contributed by atoms with Gasteiger partial charge in [-0.1, -0.05) is 6.42 Å². The fourth-order valence-corrected chi connectivity index (χ4v) is 5.92. The SMILES string of the molecule is Cc1[nH]c(C)c(S(=O)(=O)N2CCN(C(C)C)CC2)c1-c1nnc(C2CCC2)o1. The van der Waals surface area contributed by atoms with Gasteiger partial charge in [0.1, 0.15) is 4.90 Å². The van der Waals surface area contributed by atoms with Gasteiger partial charge in [0.05, 0.1) is 5.56 Å². The van der Waals surface area contributed by atoms with Gasteiger partial charge in [-0.3, -0.25) is 4.90 Å². The molecule has 0 radical (unpaired) electrons. The Balaban J connectivity index is 1.67. The fourth-order valence-electron chi connectivity index (χ4n) is 4.08. The van der Waals surface area contributed by atoms with Crippen LogP contribution in [-0.4, -0.2) is 65.0 Å². The number of aryl methyl sites for hydroxylation is 2. The van der Waals surface area contributed by atoms with Crippen molar-refractivity contribution in [2.24, 2.45) is 0 Å². The zero-order valence-electron chi connectivity index (χ0n) is 17.0. The van der Waals surface area contributed by atoms with E-state index in [0.717, 1.165) is 31.6 Å². The van der Waals surface area contributed by atoms with E-state index in [1.165, 1.54) is 6.42 Å². The van der Waals surface area contributed by atoms with Crippen LogP contribution in [-0.2, 0) is 10.0 Å². The first-order valence-electron chi connectivity index (χ1n) is 10.1. The van der Waals surface area contributed by atoms with E-state index in [9.17, 15) is 8.42 Å². The summed E-state index contributed by atoms with van der Waals surface area (Å²) in [4.78, 5) is 5.74. The molecule has 1 N–H and O–H groups in total. The molecular formula is C19H29N5O3S. The maximum atomic E-state index is 13.5. The molecule has 0 bridgehead atoms. The summed E-state index contributed by atoms with van der Waals surface area (Å²) in [6, 6.07) is 0.417. The molecule has 154 valence electrons. The van der Waals surface area contributed by atoms with Gasteiger partial charge in [0, 0.05) is 49.5 Å². The minimum absolute atomic E-state index is 0.270. The van der Waals surface area contributed by atoms with Gasteiger partial charge in [0.2, 0.25) is 15.9 Å². The number of hydrogen-bond acceptors (Lipinski definition) is 6. The topological polar surface area (TPSA) is 95.3 Å². The normalized spacial score (nSPS) is 20.0. The summed E-state index contributed by atoms with van der Waals surface area (Å²) in [6.45, 7) is 10.4. The highest BCUT2D eigenvalue weighted by Crippen LogP contribution is 2.39. The molecule has 0 spiro atoms. The quantitative estimate of drug-likeness (QED) is 0.819. The molecule has 3 heterocycles. The molecule has 28 heavy (non-hydrogen) atoms. The summed E-state index contributed by atoms with van der Waals surface area (Å²) in [5.74, 6) is 1.22. The minimum atomic E-state index is -3.65. The van der Waals surface area contributed by atoms with Crippen LogP contribution >= 0.6 is 0 Å². The molecule has 1 saturated heterocycles. The first-order chi connectivity index (χ1) is 13.3. The number of aromatic nitrogens is 3. The molecular weight excluding hydrogens is 378 g/mol. The smallest absolute Gasteiger partial charge is 0.250 e. The molecule has 2 fully saturated rings. The molecule has 0 atom stereocenters. The number of aromatic amines is 1. The van der Waals surface area contributed by atoms with Crippen LogP contribution in [0.5, 0.6) is 0 Å². The molecule has 1 saturated carbocycles. The second-order valence-electron chi connectivity index (χ2n) is 8.19. The van der Waals surface area contributed by atoms with Crippen LogP contribution in [0.25, 0.3) is 11.5 Å². The first-order valence-corrected chi connectivity index (χ1v) is 11.5. The van der Waals surface area contributed by atoms with Crippen LogP contribution in [0.4, 0.5) is 0 Å². The molecule has 0 amide bonds. The summed E-state index contributed by atoms with van der Waals surface area (Å²) >= 11 is 0. The molecule has 0 unspecified atom stereocenters. The van der Waals surface area contributed by atoms with Crippen molar-refractivity contribution < 1.29 is 12.8 Å². The van der Waals surface area contributed by atoms with E-state index < -0.39 is 10.0 Å². The van der Waals surface area contributed by atoms with Crippen LogP contribution in [0.2, 0.25) is 0 Å². The van der Waals surface area contributed by atoms with E-state index in [0.29, 0.717) is 48.1 Å². The van der Waals surface area contributed by atoms with Gasteiger partial charge < -0.3 is 9.40 Å². The molecule has 2 aromatic rings. The van der Waals surface area contributed by atoms with Gasteiger partial charge >= 0.3 is 0 Å². The summed E-state index contributed by atoms with van der Waals surface area (Å²) in [7, 11) is -3.65. The summed E-state index contributed by atoms with van der Waals surface area (Å²) in [5, 5.41) is 8.37. The van der Waals surface area contributed by atoms with E-state index in [4.69, 9.17) is 4.42 Å². The zero-order valence-corrected chi connectivity index (χ0v) is 17.8. The Bertz CT molecular complexity index is 950. The van der Waals surface area contributed by atoms with Crippen LogP contribution in [0.3, 0.4) is 0 Å². The van der Waals surface area contributed by atoms with Crippen molar-refractivity contribution in [2.45, 2.75) is 63.8 Å². The van der Waals surface area contributed by atoms with Crippen LogP contribution in [0.1, 0.15) is 56.3 Å².